The van der Waals surface area contributed by atoms with Gasteiger partial charge in [-0.1, -0.05) is 43.0 Å². The first-order chi connectivity index (χ1) is 9.11. The smallest absolute Gasteiger partial charge is 0.411 e. The molecule has 0 aliphatic rings. The molecule has 1 unspecified atom stereocenters. The molecule has 5 heteroatoms. The zero-order valence-corrected chi connectivity index (χ0v) is 10.8. The number of hydrogen-bond donors (Lipinski definition) is 1. The summed E-state index contributed by atoms with van der Waals surface area (Å²) in [5.74, 6) is -1.09. The highest BCUT2D eigenvalue weighted by molar-refractivity contribution is 5.81. The molecule has 1 aromatic carbocycles. The van der Waals surface area contributed by atoms with E-state index in [9.17, 15) is 14.7 Å². The van der Waals surface area contributed by atoms with E-state index in [0.29, 0.717) is 5.56 Å². The molecule has 5 nitrogen and oxygen atoms in total. The minimum Gasteiger partial charge on any atom is -0.479 e. The van der Waals surface area contributed by atoms with Crippen LogP contribution in [0, 0.1) is 0 Å². The summed E-state index contributed by atoms with van der Waals surface area (Å²) in [7, 11) is 0. The summed E-state index contributed by atoms with van der Waals surface area (Å²) in [6.07, 6.45) is 0.767. The number of rotatable bonds is 6. The highest BCUT2D eigenvalue weighted by Gasteiger charge is 2.30. The van der Waals surface area contributed by atoms with E-state index >= 15 is 0 Å². The van der Waals surface area contributed by atoms with E-state index in [2.05, 4.69) is 6.58 Å². The number of aliphatic carboxylic acids is 1. The van der Waals surface area contributed by atoms with Gasteiger partial charge in [0.15, 0.2) is 6.04 Å². The van der Waals surface area contributed by atoms with Crippen molar-refractivity contribution in [3.8, 4) is 0 Å². The van der Waals surface area contributed by atoms with Crippen LogP contribution in [0.25, 0.3) is 0 Å². The molecule has 19 heavy (non-hydrogen) atoms. The summed E-state index contributed by atoms with van der Waals surface area (Å²) >= 11 is 0. The Morgan fingerprint density at radius 2 is 2.05 bits per heavy atom. The topological polar surface area (TPSA) is 66.8 Å². The molecular weight excluding hydrogens is 246 g/mol. The van der Waals surface area contributed by atoms with Gasteiger partial charge in [0.25, 0.3) is 0 Å². The monoisotopic (exact) mass is 263 g/mol. The van der Waals surface area contributed by atoms with Gasteiger partial charge in [-0.25, -0.2) is 9.59 Å². The number of nitrogens with zero attached hydrogens (tertiary/aromatic N) is 1. The second-order valence-corrected chi connectivity index (χ2v) is 3.80. The van der Waals surface area contributed by atoms with Crippen LogP contribution >= 0.6 is 0 Å². The molecule has 1 atom stereocenters. The van der Waals surface area contributed by atoms with Crippen LogP contribution in [0.1, 0.15) is 18.5 Å². The van der Waals surface area contributed by atoms with Gasteiger partial charge < -0.3 is 9.84 Å². The van der Waals surface area contributed by atoms with Gasteiger partial charge in [-0.15, -0.1) is 0 Å². The van der Waals surface area contributed by atoms with E-state index in [0.717, 1.165) is 0 Å². The molecule has 1 aromatic rings. The fourth-order valence-corrected chi connectivity index (χ4v) is 1.72. The first-order valence-corrected chi connectivity index (χ1v) is 5.93. The lowest BCUT2D eigenvalue weighted by molar-refractivity contribution is -0.143. The number of carbonyl (C=O) groups excluding carboxylic acids is 1. The third kappa shape index (κ3) is 3.84. The van der Waals surface area contributed by atoms with Crippen molar-refractivity contribution in [3.63, 3.8) is 0 Å². The molecule has 0 aliphatic carbocycles. The third-order valence-corrected chi connectivity index (χ3v) is 2.56. The molecule has 0 saturated carbocycles. The zero-order valence-electron chi connectivity index (χ0n) is 10.8. The number of ether oxygens (including phenoxy) is 1. The van der Waals surface area contributed by atoms with Crippen LogP contribution in [0.5, 0.6) is 0 Å². The molecule has 0 spiro atoms. The molecule has 0 bridgehead atoms. The van der Waals surface area contributed by atoms with Crippen molar-refractivity contribution in [1.82, 2.24) is 4.90 Å². The second kappa shape index (κ2) is 7.20. The molecule has 0 saturated heterocycles. The molecule has 0 radical (unpaired) electrons. The van der Waals surface area contributed by atoms with Crippen molar-refractivity contribution >= 4 is 12.1 Å². The Morgan fingerprint density at radius 3 is 2.53 bits per heavy atom. The lowest BCUT2D eigenvalue weighted by Gasteiger charge is -2.27. The van der Waals surface area contributed by atoms with E-state index in [1.807, 2.05) is 0 Å². The quantitative estimate of drug-likeness (QED) is 0.800. The largest absolute Gasteiger partial charge is 0.479 e. The maximum atomic E-state index is 11.8. The number of carboxylic acid groups (broad SMARTS) is 1. The lowest BCUT2D eigenvalue weighted by Crippen LogP contribution is -2.39. The van der Waals surface area contributed by atoms with Gasteiger partial charge in [-0.05, 0) is 12.5 Å². The lowest BCUT2D eigenvalue weighted by atomic mass is 10.1. The molecule has 0 fully saturated rings. The predicted octanol–water partition coefficient (Wildman–Crippen LogP) is 2.46. The molecule has 0 heterocycles. The molecule has 1 amide bonds. The van der Waals surface area contributed by atoms with Crippen molar-refractivity contribution < 1.29 is 19.4 Å². The average molecular weight is 263 g/mol. The molecule has 1 N–H and O–H groups in total. The minimum absolute atomic E-state index is 0.0520. The summed E-state index contributed by atoms with van der Waals surface area (Å²) in [6, 6.07) is 7.53. The summed E-state index contributed by atoms with van der Waals surface area (Å²) in [4.78, 5) is 24.4. The zero-order chi connectivity index (χ0) is 14.3. The van der Waals surface area contributed by atoms with Crippen LogP contribution in [0.4, 0.5) is 4.79 Å². The molecule has 102 valence electrons. The SMILES string of the molecule is C=CCOC(=O)N(CC)C(C(=O)O)c1ccccc1. The summed E-state index contributed by atoms with van der Waals surface area (Å²) in [5.41, 5.74) is 0.535. The standard InChI is InChI=1S/C14H17NO4/c1-3-10-19-14(18)15(4-2)12(13(16)17)11-8-6-5-7-9-11/h3,5-9,12H,1,4,10H2,2H3,(H,16,17). The van der Waals surface area contributed by atoms with Crippen LogP contribution in [0.15, 0.2) is 43.0 Å². The first-order valence-electron chi connectivity index (χ1n) is 5.93. The third-order valence-electron chi connectivity index (χ3n) is 2.56. The maximum Gasteiger partial charge on any atom is 0.411 e. The second-order valence-electron chi connectivity index (χ2n) is 3.80. The van der Waals surface area contributed by atoms with Gasteiger partial charge in [0.2, 0.25) is 0 Å². The van der Waals surface area contributed by atoms with Crippen molar-refractivity contribution in [2.45, 2.75) is 13.0 Å². The Kier molecular flexibility index (Phi) is 5.60. The fraction of sp³-hybridized carbons (Fsp3) is 0.286. The maximum absolute atomic E-state index is 11.8. The summed E-state index contributed by atoms with van der Waals surface area (Å²) < 4.78 is 4.90. The summed E-state index contributed by atoms with van der Waals surface area (Å²) in [5, 5.41) is 9.33. The Hall–Kier alpha value is -2.30. The molecule has 1 rings (SSSR count). The van der Waals surface area contributed by atoms with Crippen LogP contribution in [0.3, 0.4) is 0 Å². The predicted molar refractivity (Wildman–Crippen MR) is 70.7 cm³/mol. The van der Waals surface area contributed by atoms with Crippen LogP contribution in [-0.2, 0) is 9.53 Å². The Balaban J connectivity index is 2.99. The van der Waals surface area contributed by atoms with Gasteiger partial charge in [0.1, 0.15) is 6.61 Å². The van der Waals surface area contributed by atoms with Gasteiger partial charge in [-0.3, -0.25) is 4.90 Å². The highest BCUT2D eigenvalue weighted by atomic mass is 16.6. The van der Waals surface area contributed by atoms with Crippen LogP contribution in [-0.4, -0.2) is 35.2 Å². The fourth-order valence-electron chi connectivity index (χ4n) is 1.72. The van der Waals surface area contributed by atoms with E-state index in [-0.39, 0.29) is 13.2 Å². The number of amides is 1. The van der Waals surface area contributed by atoms with E-state index < -0.39 is 18.1 Å². The van der Waals surface area contributed by atoms with Gasteiger partial charge in [-0.2, -0.15) is 0 Å². The van der Waals surface area contributed by atoms with E-state index in [1.165, 1.54) is 11.0 Å². The van der Waals surface area contributed by atoms with Crippen LogP contribution in [0.2, 0.25) is 0 Å². The van der Waals surface area contributed by atoms with Gasteiger partial charge in [0, 0.05) is 6.54 Å². The van der Waals surface area contributed by atoms with Gasteiger partial charge >= 0.3 is 12.1 Å². The van der Waals surface area contributed by atoms with E-state index in [1.54, 1.807) is 37.3 Å². The van der Waals surface area contributed by atoms with Crippen molar-refractivity contribution in [1.29, 1.82) is 0 Å². The van der Waals surface area contributed by atoms with Crippen LogP contribution < -0.4 is 0 Å². The number of hydrogen-bond acceptors (Lipinski definition) is 3. The van der Waals surface area contributed by atoms with Gasteiger partial charge in [0.05, 0.1) is 0 Å². The number of carbonyl (C=O) groups is 2. The Labute approximate surface area is 112 Å². The van der Waals surface area contributed by atoms with Crippen molar-refractivity contribution in [2.75, 3.05) is 13.2 Å². The van der Waals surface area contributed by atoms with Crippen molar-refractivity contribution in [3.05, 3.63) is 48.6 Å². The number of likely N-dealkylation sites (N-methyl/N-ethyl adjacent to an activating group) is 1. The number of carboxylic acids is 1. The summed E-state index contributed by atoms with van der Waals surface area (Å²) in [6.45, 7) is 5.44. The molecule has 0 aliphatic heterocycles. The first kappa shape index (κ1) is 14.8. The molecule has 0 aromatic heterocycles. The highest BCUT2D eigenvalue weighted by Crippen LogP contribution is 2.21. The Bertz CT molecular complexity index is 444. The average Bonchev–Trinajstić information content (AvgIpc) is 2.42. The molecular formula is C14H17NO4. The van der Waals surface area contributed by atoms with E-state index in [4.69, 9.17) is 4.74 Å². The van der Waals surface area contributed by atoms with Crippen molar-refractivity contribution in [2.24, 2.45) is 0 Å². The minimum atomic E-state index is -1.09. The number of benzene rings is 1. The Morgan fingerprint density at radius 1 is 1.42 bits per heavy atom. The normalized spacial score (nSPS) is 11.4.